The zero-order chi connectivity index (χ0) is 34.8. The average Bonchev–Trinajstić information content (AvgIpc) is 3.65. The maximum Gasteiger partial charge on any atom is 0.243 e. The maximum atomic E-state index is 14.2. The van der Waals surface area contributed by atoms with E-state index in [9.17, 15) is 19.2 Å². The van der Waals surface area contributed by atoms with Crippen LogP contribution in [0, 0.1) is 11.8 Å². The van der Waals surface area contributed by atoms with Gasteiger partial charge in [0.1, 0.15) is 11.8 Å². The minimum atomic E-state index is -0.852. The lowest BCUT2D eigenvalue weighted by Gasteiger charge is -2.30. The third-order valence-electron chi connectivity index (χ3n) is 9.91. The molecule has 0 radical (unpaired) electrons. The summed E-state index contributed by atoms with van der Waals surface area (Å²) in [5.74, 6) is -1.03. The van der Waals surface area contributed by atoms with E-state index in [4.69, 9.17) is 22.1 Å². The van der Waals surface area contributed by atoms with E-state index >= 15 is 0 Å². The van der Waals surface area contributed by atoms with Crippen molar-refractivity contribution >= 4 is 45.9 Å². The minimum Gasteiger partial charge on any atom is -0.492 e. The molecule has 1 saturated carbocycles. The first-order valence-electron chi connectivity index (χ1n) is 17.8. The number of para-hydroxylation sites is 1. The number of Topliss-reactive ketones (excluding diaryl/α,β-unsaturated/α-hetero) is 1. The van der Waals surface area contributed by atoms with Crippen LogP contribution in [0.1, 0.15) is 88.3 Å². The van der Waals surface area contributed by atoms with Gasteiger partial charge in [0.2, 0.25) is 17.7 Å². The summed E-state index contributed by atoms with van der Waals surface area (Å²) in [6, 6.07) is 17.6. The highest BCUT2D eigenvalue weighted by Gasteiger charge is 2.36. The van der Waals surface area contributed by atoms with Gasteiger partial charge in [-0.3, -0.25) is 19.2 Å². The Morgan fingerprint density at radius 3 is 2.45 bits per heavy atom. The maximum absolute atomic E-state index is 14.2. The molecule has 4 atom stereocenters. The first-order valence-corrected chi connectivity index (χ1v) is 18.2. The molecule has 49 heavy (non-hydrogen) atoms. The van der Waals surface area contributed by atoms with Gasteiger partial charge in [0, 0.05) is 37.2 Å². The molecule has 1 aliphatic carbocycles. The number of nitrogens with two attached hydrogens (primary N) is 1. The number of ketones is 1. The highest BCUT2D eigenvalue weighted by atomic mass is 35.5. The fourth-order valence-corrected chi connectivity index (χ4v) is 7.41. The number of benzene rings is 3. The third kappa shape index (κ3) is 9.61. The molecule has 0 bridgehead atoms. The van der Waals surface area contributed by atoms with Gasteiger partial charge in [-0.15, -0.1) is 0 Å². The molecular weight excluding hydrogens is 640 g/mol. The highest BCUT2D eigenvalue weighted by molar-refractivity contribution is 6.32. The summed E-state index contributed by atoms with van der Waals surface area (Å²) in [4.78, 5) is 54.6. The highest BCUT2D eigenvalue weighted by Crippen LogP contribution is 2.38. The van der Waals surface area contributed by atoms with Crippen molar-refractivity contribution in [3.8, 4) is 5.75 Å². The van der Waals surface area contributed by atoms with Gasteiger partial charge in [-0.05, 0) is 60.5 Å². The monoisotopic (exact) mass is 688 g/mol. The minimum absolute atomic E-state index is 0.000134. The van der Waals surface area contributed by atoms with Gasteiger partial charge >= 0.3 is 0 Å². The molecule has 0 spiro atoms. The zero-order valence-corrected chi connectivity index (χ0v) is 29.1. The zero-order valence-electron chi connectivity index (χ0n) is 28.3. The van der Waals surface area contributed by atoms with Crippen molar-refractivity contribution in [2.45, 2.75) is 95.7 Å². The predicted molar refractivity (Wildman–Crippen MR) is 192 cm³/mol. The van der Waals surface area contributed by atoms with Crippen LogP contribution in [-0.4, -0.2) is 48.7 Å². The van der Waals surface area contributed by atoms with Crippen LogP contribution in [-0.2, 0) is 25.6 Å². The average molecular weight is 689 g/mol. The summed E-state index contributed by atoms with van der Waals surface area (Å²) >= 11 is 6.37. The van der Waals surface area contributed by atoms with Crippen molar-refractivity contribution in [3.63, 3.8) is 0 Å². The normalized spacial score (nSPS) is 17.7. The molecule has 5 N–H and O–H groups in total. The van der Waals surface area contributed by atoms with Crippen molar-refractivity contribution in [1.82, 2.24) is 16.0 Å². The molecule has 262 valence electrons. The first kappa shape index (κ1) is 36.3. The number of rotatable bonds is 16. The Balaban J connectivity index is 1.33. The lowest BCUT2D eigenvalue weighted by molar-refractivity contribution is -0.134. The van der Waals surface area contributed by atoms with E-state index in [0.29, 0.717) is 43.2 Å². The molecule has 1 heterocycles. The standard InChI is InChI=1S/C39H49ClN4O5/c1-2-35(46)42-33(23-25-17-18-26-10-3-6-13-28(26)22-25)39(48)44-36(27-11-4-5-12-27)34(45)24-29(14-7-8-20-41)38(47)43-32-19-21-49-37-30(32)15-9-16-31(37)40/h3,6,9-10,13,15-18,22,27,29,32-33,36H,2,4-5,7-8,11-12,14,19-21,23-24,41H2,1H3,(H,42,46)(H,43,47)(H,44,48)/t29-,32-,33+,36+/m1/s1. The Hall–Kier alpha value is -3.95. The van der Waals surface area contributed by atoms with Crippen LogP contribution < -0.4 is 26.4 Å². The Labute approximate surface area is 294 Å². The molecule has 0 unspecified atom stereocenters. The van der Waals surface area contributed by atoms with Gasteiger partial charge in [0.25, 0.3) is 0 Å². The van der Waals surface area contributed by atoms with E-state index in [-0.39, 0.29) is 54.7 Å². The molecule has 5 rings (SSSR count). The number of carbonyl (C=O) groups is 4. The van der Waals surface area contributed by atoms with Crippen molar-refractivity contribution in [2.24, 2.45) is 17.6 Å². The number of amides is 3. The third-order valence-corrected chi connectivity index (χ3v) is 10.2. The van der Waals surface area contributed by atoms with Gasteiger partial charge in [0.15, 0.2) is 5.78 Å². The summed E-state index contributed by atoms with van der Waals surface area (Å²) < 4.78 is 5.78. The molecule has 10 heteroatoms. The lowest BCUT2D eigenvalue weighted by atomic mass is 9.86. The van der Waals surface area contributed by atoms with Crippen LogP contribution in [0.5, 0.6) is 5.75 Å². The van der Waals surface area contributed by atoms with Crippen LogP contribution in [0.3, 0.4) is 0 Å². The Morgan fingerprint density at radius 1 is 0.918 bits per heavy atom. The van der Waals surface area contributed by atoms with E-state index in [1.165, 1.54) is 0 Å². The number of nitrogens with one attached hydrogen (secondary N) is 3. The van der Waals surface area contributed by atoms with Gasteiger partial charge in [-0.25, -0.2) is 0 Å². The number of halogens is 1. The van der Waals surface area contributed by atoms with E-state index < -0.39 is 18.0 Å². The topological polar surface area (TPSA) is 140 Å². The summed E-state index contributed by atoms with van der Waals surface area (Å²) in [5.41, 5.74) is 7.51. The number of hydrogen-bond donors (Lipinski definition) is 4. The Kier molecular flexibility index (Phi) is 13.1. The lowest BCUT2D eigenvalue weighted by Crippen LogP contribution is -2.54. The van der Waals surface area contributed by atoms with Crippen LogP contribution >= 0.6 is 11.6 Å². The predicted octanol–water partition coefficient (Wildman–Crippen LogP) is 5.95. The molecule has 2 aliphatic rings. The van der Waals surface area contributed by atoms with Gasteiger partial charge in [0.05, 0.1) is 23.7 Å². The smallest absolute Gasteiger partial charge is 0.243 e. The largest absolute Gasteiger partial charge is 0.492 e. The number of carbonyl (C=O) groups excluding carboxylic acids is 4. The number of unbranched alkanes of at least 4 members (excludes halogenated alkanes) is 1. The molecule has 1 fully saturated rings. The molecular formula is C39H49ClN4O5. The van der Waals surface area contributed by atoms with Crippen LogP contribution in [0.2, 0.25) is 5.02 Å². The molecule has 1 aliphatic heterocycles. The molecule has 9 nitrogen and oxygen atoms in total. The Bertz CT molecular complexity index is 1620. The van der Waals surface area contributed by atoms with Crippen molar-refractivity contribution in [1.29, 1.82) is 0 Å². The molecule has 0 saturated heterocycles. The van der Waals surface area contributed by atoms with E-state index in [2.05, 4.69) is 16.0 Å². The summed E-state index contributed by atoms with van der Waals surface area (Å²) in [5, 5.41) is 11.8. The van der Waals surface area contributed by atoms with Crippen molar-refractivity contribution in [3.05, 3.63) is 76.8 Å². The van der Waals surface area contributed by atoms with Gasteiger partial charge < -0.3 is 26.4 Å². The second-order valence-corrected chi connectivity index (χ2v) is 13.8. The SMILES string of the molecule is CCC(=O)N[C@@H](Cc1ccc2ccccc2c1)C(=O)N[C@H](C(=O)C[C@@H](CCCCN)C(=O)N[C@@H]1CCOc2c(Cl)cccc21)C1CCCC1. The summed E-state index contributed by atoms with van der Waals surface area (Å²) in [6.45, 7) is 2.66. The fraction of sp³-hybridized carbons (Fsp3) is 0.487. The molecule has 0 aromatic heterocycles. The Morgan fingerprint density at radius 2 is 1.69 bits per heavy atom. The van der Waals surface area contributed by atoms with Crippen LogP contribution in [0.4, 0.5) is 0 Å². The van der Waals surface area contributed by atoms with Crippen LogP contribution in [0.25, 0.3) is 10.8 Å². The molecule has 3 aromatic rings. The van der Waals surface area contributed by atoms with E-state index in [1.807, 2.05) is 54.6 Å². The number of hydrogen-bond acceptors (Lipinski definition) is 6. The molecule has 3 amide bonds. The number of fused-ring (bicyclic) bond motifs is 2. The molecule has 3 aromatic carbocycles. The first-order chi connectivity index (χ1) is 23.8. The number of ether oxygens (including phenoxy) is 1. The quantitative estimate of drug-likeness (QED) is 0.137. The van der Waals surface area contributed by atoms with Crippen molar-refractivity contribution < 1.29 is 23.9 Å². The van der Waals surface area contributed by atoms with Gasteiger partial charge in [-0.1, -0.05) is 92.4 Å². The second kappa shape index (κ2) is 17.6. The summed E-state index contributed by atoms with van der Waals surface area (Å²) in [7, 11) is 0. The van der Waals surface area contributed by atoms with Crippen LogP contribution in [0.15, 0.2) is 60.7 Å². The van der Waals surface area contributed by atoms with Gasteiger partial charge in [-0.2, -0.15) is 0 Å². The fourth-order valence-electron chi connectivity index (χ4n) is 7.17. The van der Waals surface area contributed by atoms with E-state index in [0.717, 1.165) is 54.0 Å². The van der Waals surface area contributed by atoms with Crippen molar-refractivity contribution in [2.75, 3.05) is 13.2 Å². The summed E-state index contributed by atoms with van der Waals surface area (Å²) in [6.07, 6.45) is 6.64. The van der Waals surface area contributed by atoms with E-state index in [1.54, 1.807) is 13.0 Å². The second-order valence-electron chi connectivity index (χ2n) is 13.4.